The molecular weight excluding hydrogens is 263 g/mol. The zero-order valence-electron chi connectivity index (χ0n) is 11.3. The van der Waals surface area contributed by atoms with E-state index in [0.717, 1.165) is 37.8 Å². The fraction of sp³-hybridized carbons (Fsp3) is 0.571. The van der Waals surface area contributed by atoms with E-state index in [1.807, 2.05) is 0 Å². The predicted octanol–water partition coefficient (Wildman–Crippen LogP) is 3.09. The number of aliphatic hydroxyl groups is 1. The zero-order valence-corrected chi connectivity index (χ0v) is 11.3. The third-order valence-corrected chi connectivity index (χ3v) is 4.06. The molecule has 2 N–H and O–H groups in total. The van der Waals surface area contributed by atoms with Crippen LogP contribution in [-0.4, -0.2) is 23.2 Å². The molecule has 1 aromatic carbocycles. The van der Waals surface area contributed by atoms with Crippen LogP contribution in [0.1, 0.15) is 32.1 Å². The summed E-state index contributed by atoms with van der Waals surface area (Å²) in [5, 5.41) is 23.2. The molecule has 1 saturated carbocycles. The third-order valence-electron chi connectivity index (χ3n) is 4.06. The highest BCUT2D eigenvalue weighted by atomic mass is 19.1. The summed E-state index contributed by atoms with van der Waals surface area (Å²) in [6.07, 6.45) is 5.28. The Morgan fingerprint density at radius 2 is 2.05 bits per heavy atom. The Balaban J connectivity index is 2.03. The largest absolute Gasteiger partial charge is 0.396 e. The minimum Gasteiger partial charge on any atom is -0.396 e. The summed E-state index contributed by atoms with van der Waals surface area (Å²) in [7, 11) is 0. The van der Waals surface area contributed by atoms with Crippen molar-refractivity contribution in [3.05, 3.63) is 34.1 Å². The lowest BCUT2D eigenvalue weighted by molar-refractivity contribution is -0.387. The van der Waals surface area contributed by atoms with Crippen LogP contribution in [0.25, 0.3) is 0 Å². The number of anilines is 1. The predicted molar refractivity (Wildman–Crippen MR) is 74.1 cm³/mol. The molecule has 6 heteroatoms. The lowest BCUT2D eigenvalue weighted by Gasteiger charge is -2.36. The first-order valence-electron chi connectivity index (χ1n) is 6.85. The van der Waals surface area contributed by atoms with Crippen LogP contribution in [0.5, 0.6) is 0 Å². The summed E-state index contributed by atoms with van der Waals surface area (Å²) in [5.74, 6) is -0.846. The van der Waals surface area contributed by atoms with Gasteiger partial charge in [-0.25, -0.2) is 0 Å². The second-order valence-corrected chi connectivity index (χ2v) is 5.50. The van der Waals surface area contributed by atoms with E-state index < -0.39 is 16.4 Å². The van der Waals surface area contributed by atoms with Gasteiger partial charge >= 0.3 is 5.69 Å². The molecular formula is C14H19FN2O3. The van der Waals surface area contributed by atoms with Crippen molar-refractivity contribution >= 4 is 11.4 Å². The molecule has 0 aliphatic heterocycles. The number of benzene rings is 1. The van der Waals surface area contributed by atoms with E-state index in [-0.39, 0.29) is 12.0 Å². The number of halogens is 1. The van der Waals surface area contributed by atoms with Gasteiger partial charge in [0.2, 0.25) is 5.82 Å². The van der Waals surface area contributed by atoms with Crippen LogP contribution < -0.4 is 5.32 Å². The lowest BCUT2D eigenvalue weighted by Crippen LogP contribution is -2.35. The van der Waals surface area contributed by atoms with Crippen LogP contribution in [0.4, 0.5) is 15.8 Å². The Morgan fingerprint density at radius 1 is 1.35 bits per heavy atom. The molecule has 0 spiro atoms. The summed E-state index contributed by atoms with van der Waals surface area (Å²) in [5.41, 5.74) is -0.173. The van der Waals surface area contributed by atoms with Gasteiger partial charge in [0.1, 0.15) is 0 Å². The first-order chi connectivity index (χ1) is 9.56. The summed E-state index contributed by atoms with van der Waals surface area (Å²) in [6, 6.07) is 3.78. The first kappa shape index (κ1) is 14.7. The summed E-state index contributed by atoms with van der Waals surface area (Å²) in [4.78, 5) is 9.81. The van der Waals surface area contributed by atoms with Gasteiger partial charge in [0, 0.05) is 29.8 Å². The molecule has 0 radical (unpaired) electrons. The Hall–Kier alpha value is -1.69. The van der Waals surface area contributed by atoms with E-state index >= 15 is 0 Å². The fourth-order valence-corrected chi connectivity index (χ4v) is 2.75. The van der Waals surface area contributed by atoms with Gasteiger partial charge in [-0.05, 0) is 18.9 Å². The van der Waals surface area contributed by atoms with Gasteiger partial charge in [-0.15, -0.1) is 0 Å². The topological polar surface area (TPSA) is 75.4 Å². The Labute approximate surface area is 117 Å². The maximum Gasteiger partial charge on any atom is 0.304 e. The highest BCUT2D eigenvalue weighted by Gasteiger charge is 2.31. The SMILES string of the molecule is O=[N+]([O-])c1ccc(NCC2(CO)CCCCC2)cc1F. The second-order valence-electron chi connectivity index (χ2n) is 5.50. The number of nitro groups is 1. The highest BCUT2D eigenvalue weighted by molar-refractivity contribution is 5.49. The van der Waals surface area contributed by atoms with E-state index in [0.29, 0.717) is 12.2 Å². The standard InChI is InChI=1S/C14H19FN2O3/c15-12-8-11(4-5-13(12)17(19)20)16-9-14(10-18)6-2-1-3-7-14/h4-5,8,16,18H,1-3,6-7,9-10H2. The Morgan fingerprint density at radius 3 is 2.60 bits per heavy atom. The molecule has 0 unspecified atom stereocenters. The smallest absolute Gasteiger partial charge is 0.304 e. The van der Waals surface area contributed by atoms with Crippen LogP contribution >= 0.6 is 0 Å². The molecule has 0 aromatic heterocycles. The molecule has 0 atom stereocenters. The van der Waals surface area contributed by atoms with Gasteiger partial charge < -0.3 is 10.4 Å². The van der Waals surface area contributed by atoms with Gasteiger partial charge in [-0.3, -0.25) is 10.1 Å². The third kappa shape index (κ3) is 3.25. The van der Waals surface area contributed by atoms with Gasteiger partial charge in [-0.1, -0.05) is 19.3 Å². The molecule has 110 valence electrons. The quantitative estimate of drug-likeness (QED) is 0.642. The molecule has 0 bridgehead atoms. The lowest BCUT2D eigenvalue weighted by atomic mass is 9.74. The van der Waals surface area contributed by atoms with E-state index in [1.54, 1.807) is 0 Å². The highest BCUT2D eigenvalue weighted by Crippen LogP contribution is 2.36. The van der Waals surface area contributed by atoms with Crippen LogP contribution in [0, 0.1) is 21.3 Å². The number of hydrogen-bond acceptors (Lipinski definition) is 4. The number of nitrogens with one attached hydrogen (secondary N) is 1. The summed E-state index contributed by atoms with van der Waals surface area (Å²) in [6.45, 7) is 0.663. The van der Waals surface area contributed by atoms with Crippen LogP contribution in [0.2, 0.25) is 0 Å². The van der Waals surface area contributed by atoms with E-state index in [9.17, 15) is 19.6 Å². The Kier molecular flexibility index (Phi) is 4.54. The molecule has 1 aliphatic rings. The molecule has 1 aromatic rings. The molecule has 5 nitrogen and oxygen atoms in total. The van der Waals surface area contributed by atoms with Crippen molar-refractivity contribution in [1.29, 1.82) is 0 Å². The van der Waals surface area contributed by atoms with Crippen molar-refractivity contribution in [3.63, 3.8) is 0 Å². The van der Waals surface area contributed by atoms with E-state index in [1.165, 1.54) is 12.5 Å². The van der Waals surface area contributed by atoms with Crippen molar-refractivity contribution < 1.29 is 14.4 Å². The Bertz CT molecular complexity index is 487. The summed E-state index contributed by atoms with van der Waals surface area (Å²) >= 11 is 0. The average molecular weight is 282 g/mol. The van der Waals surface area contributed by atoms with Crippen molar-refractivity contribution in [3.8, 4) is 0 Å². The number of nitrogens with zero attached hydrogens (tertiary/aromatic N) is 1. The van der Waals surface area contributed by atoms with Crippen molar-refractivity contribution in [2.45, 2.75) is 32.1 Å². The molecule has 1 fully saturated rings. The minimum atomic E-state index is -0.846. The van der Waals surface area contributed by atoms with E-state index in [2.05, 4.69) is 5.32 Å². The average Bonchev–Trinajstić information content (AvgIpc) is 2.46. The maximum absolute atomic E-state index is 13.5. The first-order valence-corrected chi connectivity index (χ1v) is 6.85. The number of rotatable bonds is 5. The fourth-order valence-electron chi connectivity index (χ4n) is 2.75. The summed E-state index contributed by atoms with van der Waals surface area (Å²) < 4.78 is 13.5. The number of aliphatic hydroxyl groups excluding tert-OH is 1. The van der Waals surface area contributed by atoms with Crippen LogP contribution in [0.3, 0.4) is 0 Å². The monoisotopic (exact) mass is 282 g/mol. The molecule has 0 saturated heterocycles. The molecule has 0 heterocycles. The molecule has 20 heavy (non-hydrogen) atoms. The molecule has 0 amide bonds. The van der Waals surface area contributed by atoms with Crippen molar-refractivity contribution in [2.75, 3.05) is 18.5 Å². The zero-order chi connectivity index (χ0) is 14.6. The molecule has 2 rings (SSSR count). The van der Waals surface area contributed by atoms with Gasteiger partial charge in [0.05, 0.1) is 11.5 Å². The number of nitro benzene ring substituents is 1. The normalized spacial score (nSPS) is 17.7. The van der Waals surface area contributed by atoms with Crippen molar-refractivity contribution in [1.82, 2.24) is 0 Å². The minimum absolute atomic E-state index is 0.107. The molecule has 1 aliphatic carbocycles. The maximum atomic E-state index is 13.5. The van der Waals surface area contributed by atoms with Gasteiger partial charge in [0.15, 0.2) is 0 Å². The van der Waals surface area contributed by atoms with Gasteiger partial charge in [0.25, 0.3) is 0 Å². The van der Waals surface area contributed by atoms with Gasteiger partial charge in [-0.2, -0.15) is 4.39 Å². The number of hydrogen-bond donors (Lipinski definition) is 2. The van der Waals surface area contributed by atoms with E-state index in [4.69, 9.17) is 0 Å². The van der Waals surface area contributed by atoms with Crippen molar-refractivity contribution in [2.24, 2.45) is 5.41 Å². The second kappa shape index (κ2) is 6.17. The van der Waals surface area contributed by atoms with Crippen LogP contribution in [0.15, 0.2) is 18.2 Å². The van der Waals surface area contributed by atoms with Crippen LogP contribution in [-0.2, 0) is 0 Å².